The second kappa shape index (κ2) is 5.87. The average Bonchev–Trinajstić information content (AvgIpc) is 2.86. The fourth-order valence-corrected chi connectivity index (χ4v) is 2.75. The molecule has 6 nitrogen and oxygen atoms in total. The Bertz CT molecular complexity index is 540. The van der Waals surface area contributed by atoms with E-state index in [2.05, 4.69) is 10.4 Å². The number of nitrogens with one attached hydrogen (secondary N) is 1. The predicted octanol–water partition coefficient (Wildman–Crippen LogP) is 1.22. The molecule has 0 aliphatic carbocycles. The molecular formula is C15H24N4O2. The molecule has 1 aliphatic heterocycles. The fourth-order valence-electron chi connectivity index (χ4n) is 2.75. The zero-order valence-corrected chi connectivity index (χ0v) is 13.2. The lowest BCUT2D eigenvalue weighted by molar-refractivity contribution is -0.157. The highest BCUT2D eigenvalue weighted by Crippen LogP contribution is 2.28. The quantitative estimate of drug-likeness (QED) is 0.887. The lowest BCUT2D eigenvalue weighted by Gasteiger charge is -2.45. The van der Waals surface area contributed by atoms with Gasteiger partial charge in [0.1, 0.15) is 11.6 Å². The van der Waals surface area contributed by atoms with Gasteiger partial charge in [0.25, 0.3) is 0 Å². The molecule has 0 radical (unpaired) electrons. The summed E-state index contributed by atoms with van der Waals surface area (Å²) in [5.74, 6) is -0.0587. The summed E-state index contributed by atoms with van der Waals surface area (Å²) in [7, 11) is 1.84. The van der Waals surface area contributed by atoms with Gasteiger partial charge in [-0.25, -0.2) is 0 Å². The van der Waals surface area contributed by atoms with Gasteiger partial charge in [-0.15, -0.1) is 0 Å². The van der Waals surface area contributed by atoms with Crippen LogP contribution in [0, 0.1) is 0 Å². The molecule has 6 heteroatoms. The Morgan fingerprint density at radius 3 is 2.62 bits per heavy atom. The minimum Gasteiger partial charge on any atom is -0.342 e. The monoisotopic (exact) mass is 292 g/mol. The third-order valence-electron chi connectivity index (χ3n) is 4.32. The topological polar surface area (TPSA) is 67.2 Å². The number of carbonyl (C=O) groups excluding carboxylic acids is 2. The van der Waals surface area contributed by atoms with E-state index >= 15 is 0 Å². The lowest BCUT2D eigenvalue weighted by Crippen LogP contribution is -2.68. The highest BCUT2D eigenvalue weighted by atomic mass is 16.2. The van der Waals surface area contributed by atoms with Gasteiger partial charge in [-0.2, -0.15) is 5.10 Å². The SMILES string of the molecule is CCCC1NC(=O)C(C)(CC)N(Cc2cnn(C)c2)C1=O. The first-order valence-electron chi connectivity index (χ1n) is 7.52. The molecule has 2 rings (SSSR count). The van der Waals surface area contributed by atoms with E-state index in [0.29, 0.717) is 19.4 Å². The molecule has 2 amide bonds. The standard InChI is InChI=1S/C15H24N4O2/c1-5-7-12-13(20)19(10-11-8-16-18(4)9-11)15(3,6-2)14(21)17-12/h8-9,12H,5-7,10H2,1-4H3,(H,17,21). The minimum absolute atomic E-state index is 0.00431. The average molecular weight is 292 g/mol. The van der Waals surface area contributed by atoms with Crippen molar-refractivity contribution in [1.29, 1.82) is 0 Å². The normalized spacial score (nSPS) is 26.1. The van der Waals surface area contributed by atoms with Crippen molar-refractivity contribution in [3.63, 3.8) is 0 Å². The van der Waals surface area contributed by atoms with Gasteiger partial charge in [-0.1, -0.05) is 20.3 Å². The molecule has 116 valence electrons. The van der Waals surface area contributed by atoms with Crippen molar-refractivity contribution in [1.82, 2.24) is 20.0 Å². The van der Waals surface area contributed by atoms with Crippen molar-refractivity contribution >= 4 is 11.8 Å². The first-order chi connectivity index (χ1) is 9.92. The zero-order chi connectivity index (χ0) is 15.6. The van der Waals surface area contributed by atoms with Crippen LogP contribution in [0.2, 0.25) is 0 Å². The number of hydrogen-bond acceptors (Lipinski definition) is 3. The van der Waals surface area contributed by atoms with E-state index in [1.807, 2.05) is 34.0 Å². The van der Waals surface area contributed by atoms with Crippen molar-refractivity contribution in [2.45, 2.75) is 58.2 Å². The number of aryl methyl sites for hydroxylation is 1. The Labute approximate surface area is 125 Å². The maximum absolute atomic E-state index is 12.7. The fraction of sp³-hybridized carbons (Fsp3) is 0.667. The van der Waals surface area contributed by atoms with Crippen LogP contribution >= 0.6 is 0 Å². The van der Waals surface area contributed by atoms with E-state index < -0.39 is 11.6 Å². The summed E-state index contributed by atoms with van der Waals surface area (Å²) in [6.07, 6.45) is 5.74. The second-order valence-corrected chi connectivity index (χ2v) is 5.89. The van der Waals surface area contributed by atoms with Crippen LogP contribution in [0.4, 0.5) is 0 Å². The van der Waals surface area contributed by atoms with Gasteiger partial charge in [0.05, 0.1) is 6.20 Å². The molecular weight excluding hydrogens is 268 g/mol. The molecule has 0 bridgehead atoms. The molecule has 1 saturated heterocycles. The molecule has 2 unspecified atom stereocenters. The number of piperazine rings is 1. The summed E-state index contributed by atoms with van der Waals surface area (Å²) in [6, 6.07) is -0.404. The summed E-state index contributed by atoms with van der Waals surface area (Å²) >= 11 is 0. The number of aromatic nitrogens is 2. The van der Waals surface area contributed by atoms with E-state index in [1.54, 1.807) is 15.8 Å². The largest absolute Gasteiger partial charge is 0.342 e. The Hall–Kier alpha value is -1.85. The maximum Gasteiger partial charge on any atom is 0.246 e. The molecule has 1 aromatic rings. The van der Waals surface area contributed by atoms with Gasteiger partial charge in [-0.3, -0.25) is 14.3 Å². The van der Waals surface area contributed by atoms with Crippen LogP contribution < -0.4 is 5.32 Å². The Kier molecular flexibility index (Phi) is 4.34. The van der Waals surface area contributed by atoms with Gasteiger partial charge in [0.2, 0.25) is 11.8 Å². The third kappa shape index (κ3) is 2.80. The van der Waals surface area contributed by atoms with Crippen LogP contribution in [0.5, 0.6) is 0 Å². The predicted molar refractivity (Wildman–Crippen MR) is 79.3 cm³/mol. The van der Waals surface area contributed by atoms with Crippen molar-refractivity contribution in [3.05, 3.63) is 18.0 Å². The van der Waals surface area contributed by atoms with Crippen molar-refractivity contribution < 1.29 is 9.59 Å². The first-order valence-corrected chi connectivity index (χ1v) is 7.52. The van der Waals surface area contributed by atoms with Crippen molar-refractivity contribution in [2.24, 2.45) is 7.05 Å². The molecule has 1 N–H and O–H groups in total. The van der Waals surface area contributed by atoms with Crippen LogP contribution in [0.25, 0.3) is 0 Å². The minimum atomic E-state index is -0.794. The van der Waals surface area contributed by atoms with Gasteiger partial charge < -0.3 is 10.2 Å². The van der Waals surface area contributed by atoms with Gasteiger partial charge in [-0.05, 0) is 19.8 Å². The molecule has 0 spiro atoms. The van der Waals surface area contributed by atoms with E-state index in [0.717, 1.165) is 12.0 Å². The molecule has 2 atom stereocenters. The highest BCUT2D eigenvalue weighted by Gasteiger charge is 2.47. The van der Waals surface area contributed by atoms with E-state index in [9.17, 15) is 9.59 Å². The summed E-state index contributed by atoms with van der Waals surface area (Å²) < 4.78 is 1.70. The molecule has 21 heavy (non-hydrogen) atoms. The van der Waals surface area contributed by atoms with E-state index in [-0.39, 0.29) is 11.8 Å². The smallest absolute Gasteiger partial charge is 0.246 e. The molecule has 0 aromatic carbocycles. The number of amides is 2. The molecule has 0 saturated carbocycles. The third-order valence-corrected chi connectivity index (χ3v) is 4.32. The summed E-state index contributed by atoms with van der Waals surface area (Å²) in [5, 5.41) is 7.01. The van der Waals surface area contributed by atoms with Crippen LogP contribution in [0.15, 0.2) is 12.4 Å². The molecule has 2 heterocycles. The van der Waals surface area contributed by atoms with Crippen molar-refractivity contribution in [3.8, 4) is 0 Å². The van der Waals surface area contributed by atoms with Crippen molar-refractivity contribution in [2.75, 3.05) is 0 Å². The van der Waals surface area contributed by atoms with E-state index in [4.69, 9.17) is 0 Å². The lowest BCUT2D eigenvalue weighted by atomic mass is 9.89. The molecule has 1 aromatic heterocycles. The molecule has 1 fully saturated rings. The summed E-state index contributed by atoms with van der Waals surface area (Å²) in [6.45, 7) is 6.20. The van der Waals surface area contributed by atoms with Gasteiger partial charge in [0, 0.05) is 25.4 Å². The first kappa shape index (κ1) is 15.5. The van der Waals surface area contributed by atoms with Crippen LogP contribution in [0.1, 0.15) is 45.6 Å². The summed E-state index contributed by atoms with van der Waals surface area (Å²) in [4.78, 5) is 26.9. The number of hydrogen-bond donors (Lipinski definition) is 1. The number of nitrogens with zero attached hydrogens (tertiary/aromatic N) is 3. The molecule has 1 aliphatic rings. The maximum atomic E-state index is 12.7. The van der Waals surface area contributed by atoms with Crippen LogP contribution in [-0.2, 0) is 23.2 Å². The summed E-state index contributed by atoms with van der Waals surface area (Å²) in [5.41, 5.74) is 0.146. The number of rotatable bonds is 5. The Balaban J connectivity index is 2.30. The van der Waals surface area contributed by atoms with Gasteiger partial charge in [0.15, 0.2) is 0 Å². The number of carbonyl (C=O) groups is 2. The Morgan fingerprint density at radius 2 is 2.10 bits per heavy atom. The second-order valence-electron chi connectivity index (χ2n) is 5.89. The van der Waals surface area contributed by atoms with E-state index in [1.165, 1.54) is 0 Å². The van der Waals surface area contributed by atoms with Crippen LogP contribution in [-0.4, -0.2) is 38.1 Å². The Morgan fingerprint density at radius 1 is 1.38 bits per heavy atom. The highest BCUT2D eigenvalue weighted by molar-refractivity contribution is 5.99. The van der Waals surface area contributed by atoms with Gasteiger partial charge >= 0.3 is 0 Å². The van der Waals surface area contributed by atoms with Crippen LogP contribution in [0.3, 0.4) is 0 Å². The zero-order valence-electron chi connectivity index (χ0n) is 13.2.